The van der Waals surface area contributed by atoms with Crippen LogP contribution < -0.4 is 5.32 Å². The zero-order chi connectivity index (χ0) is 15.1. The summed E-state index contributed by atoms with van der Waals surface area (Å²) in [6.07, 6.45) is 0. The molecule has 0 saturated heterocycles. The van der Waals surface area contributed by atoms with Gasteiger partial charge in [-0.3, -0.25) is 0 Å². The van der Waals surface area contributed by atoms with E-state index < -0.39 is 0 Å². The topological polar surface area (TPSA) is 12.0 Å². The molecule has 0 fully saturated rings. The summed E-state index contributed by atoms with van der Waals surface area (Å²) in [7, 11) is 0. The van der Waals surface area contributed by atoms with Crippen molar-refractivity contribution in [3.8, 4) is 0 Å². The fraction of sp³-hybridized carbons (Fsp3) is 0.368. The Hall–Kier alpha value is -1.25. The Morgan fingerprint density at radius 1 is 0.905 bits per heavy atom. The van der Waals surface area contributed by atoms with Gasteiger partial charge in [0.05, 0.1) is 0 Å². The Bertz CT molecular complexity index is 528. The molecule has 1 nitrogen and oxygen atoms in total. The predicted molar refractivity (Wildman–Crippen MR) is 93.7 cm³/mol. The Labute approximate surface area is 133 Å². The molecular weight excluding hydrogens is 274 g/mol. The summed E-state index contributed by atoms with van der Waals surface area (Å²) >= 11 is 1.90. The SMILES string of the molecule is Cc1ccc(CSc2ccc(CNCC(C)C)cc2)cc1. The first kappa shape index (κ1) is 16.1. The van der Waals surface area contributed by atoms with Crippen LogP contribution in [0.2, 0.25) is 0 Å². The lowest BCUT2D eigenvalue weighted by molar-refractivity contribution is 0.552. The molecule has 0 bridgehead atoms. The summed E-state index contributed by atoms with van der Waals surface area (Å²) in [5.74, 6) is 1.74. The molecule has 0 atom stereocenters. The van der Waals surface area contributed by atoms with Crippen LogP contribution in [-0.4, -0.2) is 6.54 Å². The number of hydrogen-bond donors (Lipinski definition) is 1. The molecule has 2 aromatic carbocycles. The standard InChI is InChI=1S/C19H25NS/c1-15(2)12-20-13-17-8-10-19(11-9-17)21-14-18-6-4-16(3)5-7-18/h4-11,15,20H,12-14H2,1-3H3. The summed E-state index contributed by atoms with van der Waals surface area (Å²) in [5.41, 5.74) is 4.06. The molecule has 0 amide bonds. The summed E-state index contributed by atoms with van der Waals surface area (Å²) < 4.78 is 0. The van der Waals surface area contributed by atoms with Crippen molar-refractivity contribution >= 4 is 11.8 Å². The first-order valence-electron chi connectivity index (χ1n) is 7.61. The maximum Gasteiger partial charge on any atom is 0.0231 e. The van der Waals surface area contributed by atoms with Crippen LogP contribution >= 0.6 is 11.8 Å². The van der Waals surface area contributed by atoms with Gasteiger partial charge in [-0.1, -0.05) is 55.8 Å². The van der Waals surface area contributed by atoms with Gasteiger partial charge in [0, 0.05) is 17.2 Å². The molecule has 112 valence electrons. The second kappa shape index (κ2) is 8.26. The molecule has 0 saturated carbocycles. The average molecular weight is 299 g/mol. The molecule has 0 radical (unpaired) electrons. The van der Waals surface area contributed by atoms with Crippen LogP contribution in [-0.2, 0) is 12.3 Å². The Morgan fingerprint density at radius 3 is 2.14 bits per heavy atom. The Balaban J connectivity index is 1.80. The lowest BCUT2D eigenvalue weighted by atomic mass is 10.2. The number of benzene rings is 2. The van der Waals surface area contributed by atoms with Gasteiger partial charge in [0.15, 0.2) is 0 Å². The van der Waals surface area contributed by atoms with Crippen molar-refractivity contribution in [2.45, 2.75) is 38.0 Å². The van der Waals surface area contributed by atoms with E-state index in [0.717, 1.165) is 18.8 Å². The van der Waals surface area contributed by atoms with E-state index in [2.05, 4.69) is 74.6 Å². The molecule has 0 aliphatic heterocycles. The van der Waals surface area contributed by atoms with Gasteiger partial charge in [-0.15, -0.1) is 11.8 Å². The van der Waals surface area contributed by atoms with Crippen molar-refractivity contribution < 1.29 is 0 Å². The van der Waals surface area contributed by atoms with E-state index in [1.54, 1.807) is 0 Å². The largest absolute Gasteiger partial charge is 0.312 e. The van der Waals surface area contributed by atoms with Crippen LogP contribution in [0, 0.1) is 12.8 Å². The van der Waals surface area contributed by atoms with Gasteiger partial charge in [0.25, 0.3) is 0 Å². The smallest absolute Gasteiger partial charge is 0.0231 e. The lowest BCUT2D eigenvalue weighted by Gasteiger charge is -2.08. The minimum atomic E-state index is 0.703. The minimum absolute atomic E-state index is 0.703. The first-order valence-corrected chi connectivity index (χ1v) is 8.60. The molecule has 0 heterocycles. The summed E-state index contributed by atoms with van der Waals surface area (Å²) in [5, 5.41) is 3.48. The fourth-order valence-electron chi connectivity index (χ4n) is 2.06. The molecular formula is C19H25NS. The summed E-state index contributed by atoms with van der Waals surface area (Å²) in [6.45, 7) is 8.63. The number of aryl methyl sites for hydroxylation is 1. The molecule has 2 rings (SSSR count). The van der Waals surface area contributed by atoms with Gasteiger partial charge < -0.3 is 5.32 Å². The van der Waals surface area contributed by atoms with E-state index >= 15 is 0 Å². The van der Waals surface area contributed by atoms with E-state index in [4.69, 9.17) is 0 Å². The molecule has 2 aromatic rings. The molecule has 0 unspecified atom stereocenters. The van der Waals surface area contributed by atoms with Crippen LogP contribution in [0.3, 0.4) is 0 Å². The number of nitrogens with one attached hydrogen (secondary N) is 1. The first-order chi connectivity index (χ1) is 10.1. The van der Waals surface area contributed by atoms with Crippen molar-refractivity contribution in [1.29, 1.82) is 0 Å². The van der Waals surface area contributed by atoms with Gasteiger partial charge in [-0.2, -0.15) is 0 Å². The van der Waals surface area contributed by atoms with Crippen molar-refractivity contribution in [2.75, 3.05) is 6.54 Å². The highest BCUT2D eigenvalue weighted by Crippen LogP contribution is 2.23. The molecule has 0 aliphatic rings. The van der Waals surface area contributed by atoms with E-state index in [9.17, 15) is 0 Å². The summed E-state index contributed by atoms with van der Waals surface area (Å²) in [6, 6.07) is 17.7. The maximum atomic E-state index is 3.48. The normalized spacial score (nSPS) is 11.0. The molecule has 0 aliphatic carbocycles. The zero-order valence-electron chi connectivity index (χ0n) is 13.2. The summed E-state index contributed by atoms with van der Waals surface area (Å²) in [4.78, 5) is 1.34. The van der Waals surface area contributed by atoms with Crippen LogP contribution in [0.5, 0.6) is 0 Å². The second-order valence-electron chi connectivity index (χ2n) is 5.94. The predicted octanol–water partition coefficient (Wildman–Crippen LogP) is 5.03. The molecule has 0 aromatic heterocycles. The van der Waals surface area contributed by atoms with Crippen LogP contribution in [0.1, 0.15) is 30.5 Å². The van der Waals surface area contributed by atoms with Crippen LogP contribution in [0.4, 0.5) is 0 Å². The van der Waals surface area contributed by atoms with Gasteiger partial charge in [-0.25, -0.2) is 0 Å². The third-order valence-corrected chi connectivity index (χ3v) is 4.41. The highest BCUT2D eigenvalue weighted by Gasteiger charge is 1.99. The van der Waals surface area contributed by atoms with Crippen LogP contribution in [0.15, 0.2) is 53.4 Å². The van der Waals surface area contributed by atoms with E-state index in [1.807, 2.05) is 11.8 Å². The van der Waals surface area contributed by atoms with E-state index in [-0.39, 0.29) is 0 Å². The van der Waals surface area contributed by atoms with Gasteiger partial charge in [-0.05, 0) is 42.6 Å². The average Bonchev–Trinajstić information content (AvgIpc) is 2.48. The fourth-order valence-corrected chi connectivity index (χ4v) is 2.91. The third kappa shape index (κ3) is 5.94. The second-order valence-corrected chi connectivity index (χ2v) is 6.99. The minimum Gasteiger partial charge on any atom is -0.312 e. The van der Waals surface area contributed by atoms with Crippen molar-refractivity contribution in [3.63, 3.8) is 0 Å². The van der Waals surface area contributed by atoms with Crippen molar-refractivity contribution in [1.82, 2.24) is 5.32 Å². The maximum absolute atomic E-state index is 3.48. The number of thioether (sulfide) groups is 1. The number of hydrogen-bond acceptors (Lipinski definition) is 2. The van der Waals surface area contributed by atoms with E-state index in [1.165, 1.54) is 21.6 Å². The molecule has 0 spiro atoms. The van der Waals surface area contributed by atoms with Crippen molar-refractivity contribution in [3.05, 3.63) is 65.2 Å². The number of rotatable bonds is 7. The zero-order valence-corrected chi connectivity index (χ0v) is 14.0. The van der Waals surface area contributed by atoms with Gasteiger partial charge in [0.1, 0.15) is 0 Å². The Morgan fingerprint density at radius 2 is 1.52 bits per heavy atom. The molecule has 21 heavy (non-hydrogen) atoms. The quantitative estimate of drug-likeness (QED) is 0.719. The Kier molecular flexibility index (Phi) is 6.34. The lowest BCUT2D eigenvalue weighted by Crippen LogP contribution is -2.18. The van der Waals surface area contributed by atoms with Gasteiger partial charge >= 0.3 is 0 Å². The van der Waals surface area contributed by atoms with Crippen LogP contribution in [0.25, 0.3) is 0 Å². The third-order valence-electron chi connectivity index (χ3n) is 3.33. The highest BCUT2D eigenvalue weighted by molar-refractivity contribution is 7.98. The van der Waals surface area contributed by atoms with E-state index in [0.29, 0.717) is 5.92 Å². The highest BCUT2D eigenvalue weighted by atomic mass is 32.2. The molecule has 2 heteroatoms. The monoisotopic (exact) mass is 299 g/mol. The molecule has 1 N–H and O–H groups in total. The van der Waals surface area contributed by atoms with Gasteiger partial charge in [0.2, 0.25) is 0 Å². The van der Waals surface area contributed by atoms with Crippen molar-refractivity contribution in [2.24, 2.45) is 5.92 Å².